The number of hydrogen-bond donors (Lipinski definition) is 0. The van der Waals surface area contributed by atoms with Crippen molar-refractivity contribution in [3.05, 3.63) is 47.9 Å². The molecule has 1 aliphatic heterocycles. The smallest absolute Gasteiger partial charge is 0.269 e. The van der Waals surface area contributed by atoms with E-state index in [-0.39, 0.29) is 5.56 Å². The Labute approximate surface area is 73.4 Å². The molecule has 0 unspecified atom stereocenters. The summed E-state index contributed by atoms with van der Waals surface area (Å²) in [5.41, 5.74) is 0.186. The molecule has 68 valence electrons. The number of ether oxygens (including phenoxy) is 2. The fraction of sp³-hybridized carbons (Fsp3) is 0.111. The number of benzene rings is 1. The van der Waals surface area contributed by atoms with E-state index in [2.05, 4.69) is 0 Å². The Kier molecular flexibility index (Phi) is 1.88. The predicted octanol–water partition coefficient (Wildman–Crippen LogP) is 2.48. The number of rotatable bonds is 1. The molecule has 0 atom stereocenters. The molecule has 0 bridgehead atoms. The highest BCUT2D eigenvalue weighted by molar-refractivity contribution is 5.20. The maximum Gasteiger partial charge on any atom is 0.269 e. The Balaban J connectivity index is 2.30. The normalized spacial score (nSPS) is 15.5. The quantitative estimate of drug-likeness (QED) is 0.667. The SMILES string of the molecule is Fc1ccc(C2OC=CO2)c(F)c1. The van der Waals surface area contributed by atoms with Crippen LogP contribution in [-0.2, 0) is 9.47 Å². The van der Waals surface area contributed by atoms with Gasteiger partial charge in [0.2, 0.25) is 0 Å². The van der Waals surface area contributed by atoms with Gasteiger partial charge in [-0.15, -0.1) is 0 Å². The molecule has 4 heteroatoms. The molecule has 0 radical (unpaired) electrons. The molecule has 1 aromatic rings. The summed E-state index contributed by atoms with van der Waals surface area (Å²) in [7, 11) is 0. The second kappa shape index (κ2) is 3.05. The van der Waals surface area contributed by atoms with E-state index < -0.39 is 17.9 Å². The molecular weight excluding hydrogens is 178 g/mol. The molecule has 0 aromatic heterocycles. The summed E-state index contributed by atoms with van der Waals surface area (Å²) in [4.78, 5) is 0. The topological polar surface area (TPSA) is 18.5 Å². The van der Waals surface area contributed by atoms with Crippen LogP contribution in [0.4, 0.5) is 8.78 Å². The second-order valence-corrected chi connectivity index (χ2v) is 2.54. The lowest BCUT2D eigenvalue weighted by Gasteiger charge is -2.10. The lowest BCUT2D eigenvalue weighted by atomic mass is 10.2. The molecule has 13 heavy (non-hydrogen) atoms. The number of halogens is 2. The van der Waals surface area contributed by atoms with Crippen molar-refractivity contribution in [2.24, 2.45) is 0 Å². The Morgan fingerprint density at radius 2 is 1.77 bits per heavy atom. The highest BCUT2D eigenvalue weighted by atomic mass is 19.1. The van der Waals surface area contributed by atoms with Gasteiger partial charge >= 0.3 is 0 Å². The average Bonchev–Trinajstić information content (AvgIpc) is 2.56. The van der Waals surface area contributed by atoms with Gasteiger partial charge in [0, 0.05) is 6.07 Å². The molecule has 0 fully saturated rings. The minimum absolute atomic E-state index is 0.186. The number of hydrogen-bond acceptors (Lipinski definition) is 2. The summed E-state index contributed by atoms with van der Waals surface area (Å²) in [5.74, 6) is -1.29. The van der Waals surface area contributed by atoms with Crippen molar-refractivity contribution in [2.75, 3.05) is 0 Å². The van der Waals surface area contributed by atoms with E-state index in [0.29, 0.717) is 0 Å². The van der Waals surface area contributed by atoms with E-state index in [4.69, 9.17) is 9.47 Å². The fourth-order valence-electron chi connectivity index (χ4n) is 1.08. The first-order valence-electron chi connectivity index (χ1n) is 3.68. The van der Waals surface area contributed by atoms with E-state index in [1.807, 2.05) is 0 Å². The molecule has 0 amide bonds. The Hall–Kier alpha value is -1.58. The van der Waals surface area contributed by atoms with Gasteiger partial charge in [-0.3, -0.25) is 0 Å². The van der Waals surface area contributed by atoms with Crippen LogP contribution < -0.4 is 0 Å². The molecule has 2 rings (SSSR count). The molecule has 1 aromatic carbocycles. The molecule has 0 N–H and O–H groups in total. The second-order valence-electron chi connectivity index (χ2n) is 2.54. The van der Waals surface area contributed by atoms with Crippen LogP contribution in [0.2, 0.25) is 0 Å². The zero-order valence-electron chi connectivity index (χ0n) is 6.54. The zero-order valence-corrected chi connectivity index (χ0v) is 6.54. The van der Waals surface area contributed by atoms with Crippen molar-refractivity contribution in [1.29, 1.82) is 0 Å². The van der Waals surface area contributed by atoms with Gasteiger partial charge in [0.25, 0.3) is 6.29 Å². The molecule has 0 spiro atoms. The first-order valence-corrected chi connectivity index (χ1v) is 3.68. The molecule has 0 aliphatic carbocycles. The third kappa shape index (κ3) is 1.47. The van der Waals surface area contributed by atoms with Gasteiger partial charge in [0.05, 0.1) is 5.56 Å². The standard InChI is InChI=1S/C9H6F2O2/c10-6-1-2-7(8(11)5-6)9-12-3-4-13-9/h1-5,9H. The first kappa shape index (κ1) is 8.04. The molecule has 0 saturated carbocycles. The van der Waals surface area contributed by atoms with Crippen LogP contribution in [0.3, 0.4) is 0 Å². The zero-order chi connectivity index (χ0) is 9.26. The minimum Gasteiger partial charge on any atom is -0.455 e. The average molecular weight is 184 g/mol. The van der Waals surface area contributed by atoms with Crippen LogP contribution in [0.5, 0.6) is 0 Å². The maximum atomic E-state index is 13.1. The highest BCUT2D eigenvalue weighted by Gasteiger charge is 2.19. The van der Waals surface area contributed by atoms with E-state index >= 15 is 0 Å². The van der Waals surface area contributed by atoms with Crippen LogP contribution in [-0.4, -0.2) is 0 Å². The van der Waals surface area contributed by atoms with Crippen LogP contribution in [0, 0.1) is 11.6 Å². The minimum atomic E-state index is -0.791. The van der Waals surface area contributed by atoms with Gasteiger partial charge in [-0.25, -0.2) is 8.78 Å². The van der Waals surface area contributed by atoms with E-state index in [1.54, 1.807) is 0 Å². The lowest BCUT2D eigenvalue weighted by Crippen LogP contribution is -2.01. The summed E-state index contributed by atoms with van der Waals surface area (Å²) in [6.07, 6.45) is 1.83. The summed E-state index contributed by atoms with van der Waals surface area (Å²) >= 11 is 0. The van der Waals surface area contributed by atoms with Crippen molar-refractivity contribution < 1.29 is 18.3 Å². The monoisotopic (exact) mass is 184 g/mol. The van der Waals surface area contributed by atoms with Crippen LogP contribution in [0.1, 0.15) is 11.9 Å². The van der Waals surface area contributed by atoms with Gasteiger partial charge in [-0.05, 0) is 12.1 Å². The summed E-state index contributed by atoms with van der Waals surface area (Å²) in [6.45, 7) is 0. The largest absolute Gasteiger partial charge is 0.455 e. The van der Waals surface area contributed by atoms with Gasteiger partial charge in [0.1, 0.15) is 24.2 Å². The van der Waals surface area contributed by atoms with E-state index in [9.17, 15) is 8.78 Å². The van der Waals surface area contributed by atoms with Crippen molar-refractivity contribution >= 4 is 0 Å². The third-order valence-electron chi connectivity index (χ3n) is 1.68. The van der Waals surface area contributed by atoms with Gasteiger partial charge in [0.15, 0.2) is 0 Å². The van der Waals surface area contributed by atoms with E-state index in [0.717, 1.165) is 12.1 Å². The highest BCUT2D eigenvalue weighted by Crippen LogP contribution is 2.26. The maximum absolute atomic E-state index is 13.1. The van der Waals surface area contributed by atoms with Crippen molar-refractivity contribution in [1.82, 2.24) is 0 Å². The van der Waals surface area contributed by atoms with Crippen LogP contribution in [0.15, 0.2) is 30.7 Å². The molecule has 1 heterocycles. The van der Waals surface area contributed by atoms with Crippen molar-refractivity contribution in [2.45, 2.75) is 6.29 Å². The molecular formula is C9H6F2O2. The fourth-order valence-corrected chi connectivity index (χ4v) is 1.08. The lowest BCUT2D eigenvalue weighted by molar-refractivity contribution is -0.0271. The third-order valence-corrected chi connectivity index (χ3v) is 1.68. The van der Waals surface area contributed by atoms with E-state index in [1.165, 1.54) is 18.6 Å². The Bertz CT molecular complexity index is 341. The molecule has 0 saturated heterocycles. The Morgan fingerprint density at radius 3 is 2.38 bits per heavy atom. The predicted molar refractivity (Wildman–Crippen MR) is 40.4 cm³/mol. The van der Waals surface area contributed by atoms with Crippen LogP contribution >= 0.6 is 0 Å². The van der Waals surface area contributed by atoms with Crippen LogP contribution in [0.25, 0.3) is 0 Å². The van der Waals surface area contributed by atoms with Gasteiger partial charge < -0.3 is 9.47 Å². The summed E-state index contributed by atoms with van der Waals surface area (Å²) in [6, 6.07) is 3.24. The van der Waals surface area contributed by atoms with Gasteiger partial charge in [-0.2, -0.15) is 0 Å². The van der Waals surface area contributed by atoms with Crippen molar-refractivity contribution in [3.8, 4) is 0 Å². The Morgan fingerprint density at radius 1 is 1.08 bits per heavy atom. The summed E-state index contributed by atoms with van der Waals surface area (Å²) < 4.78 is 35.4. The summed E-state index contributed by atoms with van der Waals surface area (Å²) in [5, 5.41) is 0. The molecule has 1 aliphatic rings. The first-order chi connectivity index (χ1) is 6.27. The van der Waals surface area contributed by atoms with Gasteiger partial charge in [-0.1, -0.05) is 0 Å². The van der Waals surface area contributed by atoms with Crippen molar-refractivity contribution in [3.63, 3.8) is 0 Å². The molecule has 2 nitrogen and oxygen atoms in total.